The van der Waals surface area contributed by atoms with E-state index in [0.717, 1.165) is 62.7 Å². The molecule has 10 rings (SSSR count). The van der Waals surface area contributed by atoms with E-state index in [-0.39, 0.29) is 43.1 Å². The van der Waals surface area contributed by atoms with Gasteiger partial charge >= 0.3 is 6.18 Å². The molecule has 0 unspecified atom stereocenters. The van der Waals surface area contributed by atoms with Crippen molar-refractivity contribution in [2.45, 2.75) is 83.3 Å². The van der Waals surface area contributed by atoms with E-state index < -0.39 is 31.5 Å². The van der Waals surface area contributed by atoms with Crippen molar-refractivity contribution in [2.24, 2.45) is 4.99 Å². The summed E-state index contributed by atoms with van der Waals surface area (Å²) < 4.78 is 63.9. The lowest BCUT2D eigenvalue weighted by Gasteiger charge is -2.47. The molecule has 0 bridgehead atoms. The smallest absolute Gasteiger partial charge is 0.382 e. The number of aliphatic imine (C=N–C) groups is 1. The first kappa shape index (κ1) is 52.5. The Morgan fingerprint density at radius 3 is 2.37 bits per heavy atom. The molecule has 3 saturated heterocycles. The number of alkyl halides is 3. The molecule has 75 heavy (non-hydrogen) atoms. The number of piperidine rings is 2. The van der Waals surface area contributed by atoms with Crippen molar-refractivity contribution >= 4 is 75.2 Å². The monoisotopic (exact) mass is 1080 g/mol. The van der Waals surface area contributed by atoms with Gasteiger partial charge in [0.05, 0.1) is 48.6 Å². The minimum absolute atomic E-state index is 0.0249. The molecule has 1 spiro atoms. The molecule has 0 aliphatic carbocycles. The van der Waals surface area contributed by atoms with Crippen LogP contribution in [0.25, 0.3) is 15.9 Å². The molecule has 0 saturated carbocycles. The Labute approximate surface area is 444 Å². The Morgan fingerprint density at radius 2 is 1.67 bits per heavy atom. The molecular formula is C55H61ClF3N10O4PS. The third-order valence-electron chi connectivity index (χ3n) is 15.0. The molecule has 7 heterocycles. The van der Waals surface area contributed by atoms with Crippen LogP contribution >= 0.6 is 30.1 Å². The summed E-state index contributed by atoms with van der Waals surface area (Å²) in [6.07, 6.45) is -1.63. The van der Waals surface area contributed by atoms with Crippen LogP contribution in [-0.4, -0.2) is 142 Å². The van der Waals surface area contributed by atoms with Gasteiger partial charge in [-0.1, -0.05) is 35.7 Å². The predicted molar refractivity (Wildman–Crippen MR) is 291 cm³/mol. The van der Waals surface area contributed by atoms with Gasteiger partial charge in [0.2, 0.25) is 11.8 Å². The van der Waals surface area contributed by atoms with Crippen LogP contribution in [0.2, 0.25) is 5.02 Å². The molecule has 2 amide bonds. The standard InChI is InChI=1S/C55H61ClF3N10O4PS/c1-35-36(2)75-53-50(35)51(38-11-13-39(56)14-12-38)62-46(52-64-63-37(3)69(52)53)31-48(70)66-26-21-54(22-27-66)33-67(28-29-73-54)49(71)32-65-24-19-41(20-25-65)61-45-9-6-10-47-44(45)30-42(68(47)34-55(57,58)59)8-7-23-60-40-15-17-43(18-16-40)74(4,5)72/h6,9-18,30,41,46,60-61H,19-29,31-34H2,1-5H3/t46-/m0/s1. The number of carbonyl (C=O) groups excluding carboxylic acids is 2. The second-order valence-corrected chi connectivity index (χ2v) is 25.4. The lowest BCUT2D eigenvalue weighted by Crippen LogP contribution is -2.59. The van der Waals surface area contributed by atoms with Crippen molar-refractivity contribution < 1.29 is 32.1 Å². The van der Waals surface area contributed by atoms with Crippen LogP contribution in [0.15, 0.2) is 77.8 Å². The molecule has 6 aromatic rings. The number of likely N-dealkylation sites (tertiary alicyclic amines) is 2. The summed E-state index contributed by atoms with van der Waals surface area (Å²) in [4.78, 5) is 40.6. The van der Waals surface area contributed by atoms with Gasteiger partial charge in [-0.15, -0.1) is 21.5 Å². The number of nitrogens with zero attached hydrogens (tertiary/aromatic N) is 8. The van der Waals surface area contributed by atoms with E-state index >= 15 is 0 Å². The van der Waals surface area contributed by atoms with Gasteiger partial charge in [0.15, 0.2) is 5.82 Å². The van der Waals surface area contributed by atoms with Crippen LogP contribution in [-0.2, 0) is 25.4 Å². The van der Waals surface area contributed by atoms with Gasteiger partial charge < -0.3 is 34.3 Å². The zero-order chi connectivity index (χ0) is 52.8. The lowest BCUT2D eigenvalue weighted by molar-refractivity contribution is -0.164. The van der Waals surface area contributed by atoms with Crippen molar-refractivity contribution in [3.05, 3.63) is 117 Å². The van der Waals surface area contributed by atoms with Crippen LogP contribution in [0.3, 0.4) is 0 Å². The minimum atomic E-state index is -4.45. The van der Waals surface area contributed by atoms with Crippen LogP contribution in [0.5, 0.6) is 0 Å². The number of ether oxygens (including phenoxy) is 1. The van der Waals surface area contributed by atoms with Crippen LogP contribution in [0, 0.1) is 32.6 Å². The van der Waals surface area contributed by atoms with Crippen LogP contribution < -0.4 is 15.9 Å². The highest BCUT2D eigenvalue weighted by molar-refractivity contribution is 7.70. The van der Waals surface area contributed by atoms with E-state index in [1.54, 1.807) is 55.0 Å². The third kappa shape index (κ3) is 11.4. The molecule has 3 aromatic heterocycles. The zero-order valence-corrected chi connectivity index (χ0v) is 45.2. The van der Waals surface area contributed by atoms with E-state index in [2.05, 4.69) is 56.0 Å². The Kier molecular flexibility index (Phi) is 14.8. The van der Waals surface area contributed by atoms with Gasteiger partial charge in [0.1, 0.15) is 30.6 Å². The van der Waals surface area contributed by atoms with Gasteiger partial charge in [-0.25, -0.2) is 0 Å². The summed E-state index contributed by atoms with van der Waals surface area (Å²) >= 11 is 7.98. The average molecular weight is 1080 g/mol. The fourth-order valence-electron chi connectivity index (χ4n) is 10.8. The van der Waals surface area contributed by atoms with Crippen molar-refractivity contribution in [3.63, 3.8) is 0 Å². The number of aromatic nitrogens is 4. The van der Waals surface area contributed by atoms with E-state index in [4.69, 9.17) is 21.3 Å². The Bertz CT molecular complexity index is 3270. The number of anilines is 2. The molecule has 394 valence electrons. The summed E-state index contributed by atoms with van der Waals surface area (Å²) in [6.45, 7) is 12.6. The van der Waals surface area contributed by atoms with E-state index in [9.17, 15) is 27.3 Å². The number of nitrogens with one attached hydrogen (secondary N) is 2. The molecule has 3 aromatic carbocycles. The Balaban J connectivity index is 0.735. The summed E-state index contributed by atoms with van der Waals surface area (Å²) in [6, 6.07) is 21.4. The largest absolute Gasteiger partial charge is 0.406 e. The molecule has 4 aliphatic heterocycles. The normalized spacial score (nSPS) is 18.3. The Hall–Kier alpha value is -5.96. The van der Waals surface area contributed by atoms with Gasteiger partial charge in [-0.3, -0.25) is 24.0 Å². The fraction of sp³-hybridized carbons (Fsp3) is 0.436. The van der Waals surface area contributed by atoms with Gasteiger partial charge in [0.25, 0.3) is 0 Å². The molecular weight excluding hydrogens is 1020 g/mol. The van der Waals surface area contributed by atoms with Gasteiger partial charge in [0, 0.05) is 88.4 Å². The highest BCUT2D eigenvalue weighted by Crippen LogP contribution is 2.41. The van der Waals surface area contributed by atoms with Crippen molar-refractivity contribution in [2.75, 3.05) is 82.9 Å². The van der Waals surface area contributed by atoms with E-state index in [0.29, 0.717) is 80.5 Å². The average Bonchev–Trinajstić information content (AvgIpc) is 4.05. The first-order chi connectivity index (χ1) is 35.8. The number of benzene rings is 3. The summed E-state index contributed by atoms with van der Waals surface area (Å²) in [5.41, 5.74) is 5.51. The third-order valence-corrected chi connectivity index (χ3v) is 18.0. The quantitative estimate of drug-likeness (QED) is 0.0960. The van der Waals surface area contributed by atoms with Crippen LogP contribution in [0.4, 0.5) is 24.5 Å². The van der Waals surface area contributed by atoms with Gasteiger partial charge in [-0.2, -0.15) is 13.2 Å². The number of fused-ring (bicyclic) bond motifs is 4. The molecule has 3 fully saturated rings. The van der Waals surface area contributed by atoms with Crippen LogP contribution in [0.1, 0.15) is 77.1 Å². The van der Waals surface area contributed by atoms with Crippen molar-refractivity contribution in [1.82, 2.24) is 34.0 Å². The summed E-state index contributed by atoms with van der Waals surface area (Å²) in [5.74, 6) is 7.34. The topological polar surface area (TPSA) is 142 Å². The van der Waals surface area contributed by atoms with E-state index in [1.165, 1.54) is 9.44 Å². The van der Waals surface area contributed by atoms with E-state index in [1.807, 2.05) is 59.2 Å². The maximum absolute atomic E-state index is 14.3. The fourth-order valence-corrected chi connectivity index (χ4v) is 13.0. The highest BCUT2D eigenvalue weighted by atomic mass is 35.5. The number of hydrogen-bond acceptors (Lipinski definition) is 11. The highest BCUT2D eigenvalue weighted by Gasteiger charge is 2.43. The molecule has 14 nitrogen and oxygen atoms in total. The minimum Gasteiger partial charge on any atom is -0.382 e. The number of carbonyl (C=O) groups is 2. The van der Waals surface area contributed by atoms with Crippen molar-refractivity contribution in [1.29, 1.82) is 0 Å². The SMILES string of the molecule is Cc1sc2c(c1C)C(c1ccc(Cl)cc1)=N[C@@H](CC(=O)N1CCC3(CC1)CN(C(=O)CN1CCC(Nc4cccc5c4cc(C#CCNc4ccc(P(C)(C)=O)cc4)n5CC(F)(F)F)CC1)CCO3)c1nnc(C)n1-2. The maximum Gasteiger partial charge on any atom is 0.406 e. The molecule has 0 radical (unpaired) electrons. The maximum atomic E-state index is 14.3. The second kappa shape index (κ2) is 21.2. The summed E-state index contributed by atoms with van der Waals surface area (Å²) in [5, 5.41) is 18.9. The van der Waals surface area contributed by atoms with Crippen molar-refractivity contribution in [3.8, 4) is 16.8 Å². The second-order valence-electron chi connectivity index (χ2n) is 20.6. The molecule has 2 N–H and O–H groups in total. The number of halogens is 4. The Morgan fingerprint density at radius 1 is 0.933 bits per heavy atom. The first-order valence-electron chi connectivity index (χ1n) is 25.4. The van der Waals surface area contributed by atoms with Gasteiger partial charge in [-0.05, 0) is 126 Å². The first-order valence-corrected chi connectivity index (χ1v) is 29.2. The number of amides is 2. The molecule has 1 atom stereocenters. The summed E-state index contributed by atoms with van der Waals surface area (Å²) in [7, 11) is -2.39. The molecule has 4 aliphatic rings. The number of thiophene rings is 1. The lowest BCUT2D eigenvalue weighted by atomic mass is 9.89. The molecule has 20 heteroatoms. The number of aryl methyl sites for hydroxylation is 2. The number of rotatable bonds is 11. The predicted octanol–water partition coefficient (Wildman–Crippen LogP) is 9.21. The number of hydrogen-bond donors (Lipinski definition) is 2. The zero-order valence-electron chi connectivity index (χ0n) is 42.8. The number of morpholine rings is 1.